The number of aromatic nitrogens is 3. The Labute approximate surface area is 109 Å². The Morgan fingerprint density at radius 2 is 2.22 bits per heavy atom. The van der Waals surface area contributed by atoms with Crippen LogP contribution in [-0.2, 0) is 11.2 Å². The lowest BCUT2D eigenvalue weighted by Gasteiger charge is -2.00. The van der Waals surface area contributed by atoms with Gasteiger partial charge in [-0.05, 0) is 12.1 Å². The molecule has 0 aliphatic carbocycles. The first-order valence-corrected chi connectivity index (χ1v) is 6.50. The first kappa shape index (κ1) is 12.6. The van der Waals surface area contributed by atoms with Crippen LogP contribution in [0.1, 0.15) is 30.5 Å². The SMILES string of the molecule is CC(C)c1nnc(NC(=O)Cc2ccccn2)s1. The van der Waals surface area contributed by atoms with Crippen molar-refractivity contribution < 1.29 is 4.79 Å². The van der Waals surface area contributed by atoms with Crippen LogP contribution in [0.25, 0.3) is 0 Å². The van der Waals surface area contributed by atoms with Crippen LogP contribution in [0.3, 0.4) is 0 Å². The van der Waals surface area contributed by atoms with E-state index in [1.807, 2.05) is 32.0 Å². The molecule has 0 spiro atoms. The molecule has 0 saturated heterocycles. The summed E-state index contributed by atoms with van der Waals surface area (Å²) in [6, 6.07) is 5.50. The van der Waals surface area contributed by atoms with E-state index in [9.17, 15) is 4.79 Å². The van der Waals surface area contributed by atoms with Crippen LogP contribution in [0.4, 0.5) is 5.13 Å². The molecule has 0 aliphatic heterocycles. The molecule has 0 aliphatic rings. The number of nitrogens with zero attached hydrogens (tertiary/aromatic N) is 3. The van der Waals surface area contributed by atoms with Crippen molar-refractivity contribution in [2.45, 2.75) is 26.2 Å². The van der Waals surface area contributed by atoms with Gasteiger partial charge in [0.15, 0.2) is 0 Å². The van der Waals surface area contributed by atoms with Gasteiger partial charge in [-0.3, -0.25) is 9.78 Å². The minimum absolute atomic E-state index is 0.125. The fourth-order valence-corrected chi connectivity index (χ4v) is 2.11. The monoisotopic (exact) mass is 262 g/mol. The highest BCUT2D eigenvalue weighted by Gasteiger charge is 2.11. The van der Waals surface area contributed by atoms with Gasteiger partial charge in [0, 0.05) is 17.8 Å². The van der Waals surface area contributed by atoms with Crippen molar-refractivity contribution in [3.63, 3.8) is 0 Å². The molecule has 2 aromatic rings. The zero-order valence-corrected chi connectivity index (χ0v) is 11.1. The molecule has 0 aromatic carbocycles. The van der Waals surface area contributed by atoms with E-state index in [1.165, 1.54) is 11.3 Å². The van der Waals surface area contributed by atoms with Crippen molar-refractivity contribution in [2.75, 3.05) is 5.32 Å². The molecule has 0 radical (unpaired) electrons. The number of hydrogen-bond acceptors (Lipinski definition) is 5. The molecular weight excluding hydrogens is 248 g/mol. The van der Waals surface area contributed by atoms with E-state index < -0.39 is 0 Å². The largest absolute Gasteiger partial charge is 0.300 e. The van der Waals surface area contributed by atoms with E-state index in [2.05, 4.69) is 20.5 Å². The Balaban J connectivity index is 1.95. The minimum atomic E-state index is -0.125. The molecule has 2 heterocycles. The zero-order chi connectivity index (χ0) is 13.0. The summed E-state index contributed by atoms with van der Waals surface area (Å²) in [6.07, 6.45) is 1.92. The van der Waals surface area contributed by atoms with Gasteiger partial charge in [0.25, 0.3) is 0 Å². The van der Waals surface area contributed by atoms with E-state index in [-0.39, 0.29) is 12.3 Å². The molecule has 1 N–H and O–H groups in total. The zero-order valence-electron chi connectivity index (χ0n) is 10.3. The Morgan fingerprint density at radius 3 is 2.83 bits per heavy atom. The molecule has 94 valence electrons. The predicted molar refractivity (Wildman–Crippen MR) is 70.6 cm³/mol. The molecule has 1 amide bonds. The maximum Gasteiger partial charge on any atom is 0.232 e. The molecule has 2 rings (SSSR count). The molecule has 0 unspecified atom stereocenters. The third-order valence-electron chi connectivity index (χ3n) is 2.25. The summed E-state index contributed by atoms with van der Waals surface area (Å²) >= 11 is 1.41. The quantitative estimate of drug-likeness (QED) is 0.917. The van der Waals surface area contributed by atoms with Crippen molar-refractivity contribution in [3.05, 3.63) is 35.1 Å². The summed E-state index contributed by atoms with van der Waals surface area (Å²) in [5.41, 5.74) is 0.739. The van der Waals surface area contributed by atoms with Gasteiger partial charge in [-0.1, -0.05) is 31.3 Å². The normalized spacial score (nSPS) is 10.6. The smallest absolute Gasteiger partial charge is 0.232 e. The van der Waals surface area contributed by atoms with Crippen molar-refractivity contribution in [1.82, 2.24) is 15.2 Å². The highest BCUT2D eigenvalue weighted by Crippen LogP contribution is 2.22. The van der Waals surface area contributed by atoms with E-state index in [0.717, 1.165) is 10.7 Å². The Bertz CT molecular complexity index is 524. The van der Waals surface area contributed by atoms with E-state index >= 15 is 0 Å². The number of hydrogen-bond donors (Lipinski definition) is 1. The van der Waals surface area contributed by atoms with Gasteiger partial charge >= 0.3 is 0 Å². The molecule has 0 bridgehead atoms. The molecule has 5 nitrogen and oxygen atoms in total. The summed E-state index contributed by atoms with van der Waals surface area (Å²) < 4.78 is 0. The number of nitrogens with one attached hydrogen (secondary N) is 1. The van der Waals surface area contributed by atoms with Crippen LogP contribution >= 0.6 is 11.3 Å². The Hall–Kier alpha value is -1.82. The number of carbonyl (C=O) groups is 1. The van der Waals surface area contributed by atoms with Gasteiger partial charge in [-0.15, -0.1) is 10.2 Å². The van der Waals surface area contributed by atoms with Crippen LogP contribution in [0.5, 0.6) is 0 Å². The third-order valence-corrected chi connectivity index (χ3v) is 3.39. The average molecular weight is 262 g/mol. The summed E-state index contributed by atoms with van der Waals surface area (Å²) in [5, 5.41) is 12.1. The fraction of sp³-hybridized carbons (Fsp3) is 0.333. The van der Waals surface area contributed by atoms with Crippen LogP contribution < -0.4 is 5.32 Å². The van der Waals surface area contributed by atoms with Crippen LogP contribution in [0.15, 0.2) is 24.4 Å². The molecular formula is C12H14N4OS. The second-order valence-electron chi connectivity index (χ2n) is 4.15. The summed E-state index contributed by atoms with van der Waals surface area (Å²) in [6.45, 7) is 4.08. The van der Waals surface area contributed by atoms with Crippen molar-refractivity contribution in [2.24, 2.45) is 0 Å². The van der Waals surface area contributed by atoms with Gasteiger partial charge in [0.1, 0.15) is 5.01 Å². The van der Waals surface area contributed by atoms with Crippen molar-refractivity contribution in [3.8, 4) is 0 Å². The van der Waals surface area contributed by atoms with Crippen LogP contribution in [0, 0.1) is 0 Å². The van der Waals surface area contributed by atoms with E-state index in [0.29, 0.717) is 11.0 Å². The van der Waals surface area contributed by atoms with E-state index in [1.54, 1.807) is 6.20 Å². The molecule has 6 heteroatoms. The molecule has 18 heavy (non-hydrogen) atoms. The number of rotatable bonds is 4. The highest BCUT2D eigenvalue weighted by molar-refractivity contribution is 7.15. The lowest BCUT2D eigenvalue weighted by atomic mass is 10.2. The van der Waals surface area contributed by atoms with Gasteiger partial charge in [0.05, 0.1) is 6.42 Å². The molecule has 0 fully saturated rings. The van der Waals surface area contributed by atoms with Gasteiger partial charge in [-0.2, -0.15) is 0 Å². The maximum atomic E-state index is 11.7. The summed E-state index contributed by atoms with van der Waals surface area (Å²) in [5.74, 6) is 0.198. The second-order valence-corrected chi connectivity index (χ2v) is 5.16. The van der Waals surface area contributed by atoms with Gasteiger partial charge in [0.2, 0.25) is 11.0 Å². The fourth-order valence-electron chi connectivity index (χ4n) is 1.35. The lowest BCUT2D eigenvalue weighted by molar-refractivity contribution is -0.115. The molecule has 0 atom stereocenters. The summed E-state index contributed by atoms with van der Waals surface area (Å²) in [7, 11) is 0. The summed E-state index contributed by atoms with van der Waals surface area (Å²) in [4.78, 5) is 15.8. The van der Waals surface area contributed by atoms with Gasteiger partial charge < -0.3 is 5.32 Å². The Kier molecular flexibility index (Phi) is 3.99. The first-order valence-electron chi connectivity index (χ1n) is 5.68. The predicted octanol–water partition coefficient (Wildman–Crippen LogP) is 2.24. The van der Waals surface area contributed by atoms with E-state index in [4.69, 9.17) is 0 Å². The number of amides is 1. The Morgan fingerprint density at radius 1 is 1.39 bits per heavy atom. The third kappa shape index (κ3) is 3.33. The topological polar surface area (TPSA) is 67.8 Å². The average Bonchev–Trinajstić information content (AvgIpc) is 2.78. The van der Waals surface area contributed by atoms with Crippen LogP contribution in [0.2, 0.25) is 0 Å². The first-order chi connectivity index (χ1) is 8.65. The highest BCUT2D eigenvalue weighted by atomic mass is 32.1. The maximum absolute atomic E-state index is 11.7. The minimum Gasteiger partial charge on any atom is -0.300 e. The second kappa shape index (κ2) is 5.68. The molecule has 2 aromatic heterocycles. The number of pyridine rings is 1. The van der Waals surface area contributed by atoms with Crippen LogP contribution in [-0.4, -0.2) is 21.1 Å². The van der Waals surface area contributed by atoms with Crippen molar-refractivity contribution in [1.29, 1.82) is 0 Å². The van der Waals surface area contributed by atoms with Crippen molar-refractivity contribution >= 4 is 22.4 Å². The van der Waals surface area contributed by atoms with Gasteiger partial charge in [-0.25, -0.2) is 0 Å². The standard InChI is InChI=1S/C12H14N4OS/c1-8(2)11-15-16-12(18-11)14-10(17)7-9-5-3-4-6-13-9/h3-6,8H,7H2,1-2H3,(H,14,16,17). The molecule has 0 saturated carbocycles. The lowest BCUT2D eigenvalue weighted by Crippen LogP contribution is -2.14. The number of carbonyl (C=O) groups excluding carboxylic acids is 1. The number of anilines is 1.